The van der Waals surface area contributed by atoms with Gasteiger partial charge in [-0.15, -0.1) is 0 Å². The van der Waals surface area contributed by atoms with Crippen molar-refractivity contribution in [3.05, 3.63) is 0 Å². The summed E-state index contributed by atoms with van der Waals surface area (Å²) in [5, 5.41) is 4.96. The molecule has 0 aliphatic carbocycles. The van der Waals surface area contributed by atoms with Crippen molar-refractivity contribution in [3.63, 3.8) is 0 Å². The lowest BCUT2D eigenvalue weighted by molar-refractivity contribution is -0.143. The molecule has 0 radical (unpaired) electrons. The Balaban J connectivity index is 4.90. The van der Waals surface area contributed by atoms with Crippen LogP contribution in [0.1, 0.15) is 54.4 Å². The molecule has 0 saturated carbocycles. The molecule has 0 aromatic carbocycles. The van der Waals surface area contributed by atoms with Gasteiger partial charge in [-0.1, -0.05) is 13.8 Å². The number of nitrogens with two attached hydrogens (primary N) is 1. The minimum atomic E-state index is -1.05. The van der Waals surface area contributed by atoms with Crippen molar-refractivity contribution in [1.82, 2.24) is 10.6 Å². The molecule has 0 unspecified atom stereocenters. The number of carbonyl (C=O) groups is 4. The normalized spacial score (nSPS) is 13.5. The number of esters is 1. The van der Waals surface area contributed by atoms with Crippen LogP contribution < -0.4 is 16.4 Å². The van der Waals surface area contributed by atoms with Crippen LogP contribution >= 0.6 is 0 Å². The maximum Gasteiger partial charge on any atom is 0.408 e. The monoisotopic (exact) mass is 373 g/mol. The maximum atomic E-state index is 12.5. The fourth-order valence-electron chi connectivity index (χ4n) is 2.01. The molecule has 0 spiro atoms. The Hall–Kier alpha value is -2.32. The third-order valence-corrected chi connectivity index (χ3v) is 3.22. The molecule has 2 atom stereocenters. The first-order chi connectivity index (χ1) is 11.9. The van der Waals surface area contributed by atoms with Gasteiger partial charge in [0.25, 0.3) is 0 Å². The molecule has 0 rings (SSSR count). The summed E-state index contributed by atoms with van der Waals surface area (Å²) in [4.78, 5) is 47.4. The van der Waals surface area contributed by atoms with E-state index in [9.17, 15) is 19.2 Å². The van der Waals surface area contributed by atoms with Crippen molar-refractivity contribution in [2.75, 3.05) is 6.61 Å². The summed E-state index contributed by atoms with van der Waals surface area (Å²) in [6.07, 6.45) is -0.793. The molecule has 0 saturated heterocycles. The number of carbonyl (C=O) groups excluding carboxylic acids is 4. The summed E-state index contributed by atoms with van der Waals surface area (Å²) in [6.45, 7) is 10.5. The fourth-order valence-corrected chi connectivity index (χ4v) is 2.01. The average molecular weight is 373 g/mol. The van der Waals surface area contributed by atoms with Gasteiger partial charge in [-0.05, 0) is 40.0 Å². The van der Waals surface area contributed by atoms with Crippen LogP contribution in [0.5, 0.6) is 0 Å². The van der Waals surface area contributed by atoms with E-state index in [4.69, 9.17) is 15.2 Å². The van der Waals surface area contributed by atoms with E-state index >= 15 is 0 Å². The molecule has 0 aromatic heterocycles. The van der Waals surface area contributed by atoms with Gasteiger partial charge < -0.3 is 25.8 Å². The predicted octanol–water partition coefficient (Wildman–Crippen LogP) is 0.849. The molecule has 9 nitrogen and oxygen atoms in total. The van der Waals surface area contributed by atoms with E-state index in [-0.39, 0.29) is 25.4 Å². The smallest absolute Gasteiger partial charge is 0.408 e. The van der Waals surface area contributed by atoms with Crippen LogP contribution in [0.25, 0.3) is 0 Å². The van der Waals surface area contributed by atoms with Crippen molar-refractivity contribution in [2.45, 2.75) is 72.1 Å². The standard InChI is InChI=1S/C17H31N3O6/c1-7-25-12(21)9-8-11(14(18)22)19-15(23)13(10(2)3)20-16(24)26-17(4,5)6/h10-11,13H,7-9H2,1-6H3,(H2,18,22)(H,19,23)(H,20,24)/t11-,13+/m1/s1. The van der Waals surface area contributed by atoms with Crippen molar-refractivity contribution in [2.24, 2.45) is 11.7 Å². The average Bonchev–Trinajstić information content (AvgIpc) is 2.46. The molecule has 3 amide bonds. The second kappa shape index (κ2) is 10.6. The Bertz CT molecular complexity index is 513. The molecular weight excluding hydrogens is 342 g/mol. The minimum absolute atomic E-state index is 0.0111. The quantitative estimate of drug-likeness (QED) is 0.512. The molecule has 26 heavy (non-hydrogen) atoms. The number of ether oxygens (including phenoxy) is 2. The molecule has 9 heteroatoms. The van der Waals surface area contributed by atoms with E-state index in [2.05, 4.69) is 10.6 Å². The van der Waals surface area contributed by atoms with Gasteiger partial charge in [0, 0.05) is 6.42 Å². The van der Waals surface area contributed by atoms with Gasteiger partial charge in [0.15, 0.2) is 0 Å². The summed E-state index contributed by atoms with van der Waals surface area (Å²) >= 11 is 0. The van der Waals surface area contributed by atoms with Crippen molar-refractivity contribution in [1.29, 1.82) is 0 Å². The number of primary amides is 1. The molecular formula is C17H31N3O6. The predicted molar refractivity (Wildman–Crippen MR) is 95.0 cm³/mol. The molecule has 0 bridgehead atoms. The summed E-state index contributed by atoms with van der Waals surface area (Å²) in [5.41, 5.74) is 4.58. The van der Waals surface area contributed by atoms with Gasteiger partial charge in [0.05, 0.1) is 6.61 Å². The maximum absolute atomic E-state index is 12.5. The first-order valence-electron chi connectivity index (χ1n) is 8.62. The van der Waals surface area contributed by atoms with Crippen LogP contribution in [0.3, 0.4) is 0 Å². The molecule has 150 valence electrons. The van der Waals surface area contributed by atoms with Crippen LogP contribution in [0.15, 0.2) is 0 Å². The van der Waals surface area contributed by atoms with Gasteiger partial charge in [-0.2, -0.15) is 0 Å². The Morgan fingerprint density at radius 3 is 2.08 bits per heavy atom. The van der Waals surface area contributed by atoms with Gasteiger partial charge >= 0.3 is 12.1 Å². The van der Waals surface area contributed by atoms with Crippen LogP contribution in [0.4, 0.5) is 4.79 Å². The van der Waals surface area contributed by atoms with Gasteiger partial charge in [-0.25, -0.2) is 4.79 Å². The van der Waals surface area contributed by atoms with Gasteiger partial charge in [0.1, 0.15) is 17.7 Å². The molecule has 0 aliphatic heterocycles. The molecule has 0 heterocycles. The lowest BCUT2D eigenvalue weighted by atomic mass is 10.0. The largest absolute Gasteiger partial charge is 0.466 e. The minimum Gasteiger partial charge on any atom is -0.466 e. The molecule has 4 N–H and O–H groups in total. The van der Waals surface area contributed by atoms with Crippen molar-refractivity contribution < 1.29 is 28.7 Å². The third kappa shape index (κ3) is 9.85. The number of nitrogens with one attached hydrogen (secondary N) is 2. The number of amides is 3. The number of hydrogen-bond donors (Lipinski definition) is 3. The number of hydrogen-bond acceptors (Lipinski definition) is 6. The van der Waals surface area contributed by atoms with E-state index in [0.717, 1.165) is 0 Å². The SMILES string of the molecule is CCOC(=O)CC[C@@H](NC(=O)[C@@H](NC(=O)OC(C)(C)C)C(C)C)C(N)=O. The van der Waals surface area contributed by atoms with Crippen molar-refractivity contribution in [3.8, 4) is 0 Å². The zero-order valence-corrected chi connectivity index (χ0v) is 16.4. The highest BCUT2D eigenvalue weighted by Gasteiger charge is 2.29. The summed E-state index contributed by atoms with van der Waals surface area (Å²) < 4.78 is 9.93. The first kappa shape index (κ1) is 23.7. The van der Waals surface area contributed by atoms with Gasteiger partial charge in [-0.3, -0.25) is 14.4 Å². The highest BCUT2D eigenvalue weighted by Crippen LogP contribution is 2.09. The van der Waals surface area contributed by atoms with Crippen molar-refractivity contribution >= 4 is 23.9 Å². The Morgan fingerprint density at radius 1 is 1.08 bits per heavy atom. The van der Waals surface area contributed by atoms with Crippen LogP contribution in [-0.4, -0.2) is 48.2 Å². The zero-order chi connectivity index (χ0) is 20.5. The second-order valence-corrected chi connectivity index (χ2v) is 7.18. The Kier molecular flexibility index (Phi) is 9.67. The number of rotatable bonds is 9. The van der Waals surface area contributed by atoms with E-state index in [1.807, 2.05) is 0 Å². The first-order valence-corrected chi connectivity index (χ1v) is 8.62. The van der Waals surface area contributed by atoms with E-state index < -0.39 is 41.6 Å². The highest BCUT2D eigenvalue weighted by molar-refractivity contribution is 5.91. The van der Waals surface area contributed by atoms with E-state index in [1.54, 1.807) is 41.5 Å². The highest BCUT2D eigenvalue weighted by atomic mass is 16.6. The van der Waals surface area contributed by atoms with E-state index in [0.29, 0.717) is 0 Å². The summed E-state index contributed by atoms with van der Waals surface area (Å²) in [5.74, 6) is -2.11. The Morgan fingerprint density at radius 2 is 1.65 bits per heavy atom. The van der Waals surface area contributed by atoms with Gasteiger partial charge in [0.2, 0.25) is 11.8 Å². The zero-order valence-electron chi connectivity index (χ0n) is 16.4. The molecule has 0 fully saturated rings. The number of alkyl carbamates (subject to hydrolysis) is 1. The second-order valence-electron chi connectivity index (χ2n) is 7.18. The van der Waals surface area contributed by atoms with Crippen LogP contribution in [0.2, 0.25) is 0 Å². The van der Waals surface area contributed by atoms with Crippen LogP contribution in [-0.2, 0) is 23.9 Å². The Labute approximate surface area is 154 Å². The summed E-state index contributed by atoms with van der Waals surface area (Å²) in [7, 11) is 0. The molecule has 0 aliphatic rings. The summed E-state index contributed by atoms with van der Waals surface area (Å²) in [6, 6.07) is -1.97. The van der Waals surface area contributed by atoms with Crippen LogP contribution in [0, 0.1) is 5.92 Å². The third-order valence-electron chi connectivity index (χ3n) is 3.22. The molecule has 0 aromatic rings. The lowest BCUT2D eigenvalue weighted by Gasteiger charge is -2.26. The van der Waals surface area contributed by atoms with E-state index in [1.165, 1.54) is 0 Å². The fraction of sp³-hybridized carbons (Fsp3) is 0.765. The topological polar surface area (TPSA) is 137 Å². The lowest BCUT2D eigenvalue weighted by Crippen LogP contribution is -2.55.